The maximum Gasteiger partial charge on any atom is 0.421 e. The third-order valence-electron chi connectivity index (χ3n) is 7.61. The van der Waals surface area contributed by atoms with Gasteiger partial charge in [-0.05, 0) is 59.4 Å². The Morgan fingerprint density at radius 2 is 1.76 bits per heavy atom. The van der Waals surface area contributed by atoms with E-state index in [1.807, 2.05) is 31.2 Å². The van der Waals surface area contributed by atoms with Gasteiger partial charge < -0.3 is 15.6 Å². The predicted molar refractivity (Wildman–Crippen MR) is 151 cm³/mol. The molecule has 220 valence electrons. The Labute approximate surface area is 238 Å². The van der Waals surface area contributed by atoms with E-state index >= 15 is 0 Å². The molecule has 1 aliphatic heterocycles. The van der Waals surface area contributed by atoms with Crippen molar-refractivity contribution < 1.29 is 27.8 Å². The van der Waals surface area contributed by atoms with Crippen LogP contribution >= 0.6 is 0 Å². The summed E-state index contributed by atoms with van der Waals surface area (Å²) >= 11 is 0. The normalized spacial score (nSPS) is 18.2. The number of alkyl halides is 3. The number of ether oxygens (including phenoxy) is 1. The Balaban J connectivity index is 1.44. The molecule has 2 heterocycles. The van der Waals surface area contributed by atoms with Gasteiger partial charge >= 0.3 is 12.1 Å². The standard InChI is InChI=1S/C31H37F3N4O3/c1-22-17-24(3-8-28(22)25-4-6-26(7-5-25)30(2,40)31(32,33)34)19-37-14-15-38(20-23-9-12-36-13-10-23)27(21-37)18-29(39)41-16-11-35/h3-10,12-13,17,27,40H,11,14-16,18-21,35H2,1-2H3/t27-,30?/m1/s1. The summed E-state index contributed by atoms with van der Waals surface area (Å²) in [4.78, 5) is 21.2. The first-order valence-corrected chi connectivity index (χ1v) is 13.7. The minimum absolute atomic E-state index is 0.0185. The van der Waals surface area contributed by atoms with Crippen LogP contribution < -0.4 is 5.73 Å². The van der Waals surface area contributed by atoms with Gasteiger partial charge in [0.2, 0.25) is 0 Å². The van der Waals surface area contributed by atoms with Crippen LogP contribution in [0.25, 0.3) is 11.1 Å². The number of aliphatic hydroxyl groups is 1. The molecular formula is C31H37F3N4O3. The van der Waals surface area contributed by atoms with Gasteiger partial charge in [0.05, 0.1) is 6.42 Å². The zero-order chi connectivity index (χ0) is 29.6. The lowest BCUT2D eigenvalue weighted by molar-refractivity contribution is -0.258. The van der Waals surface area contributed by atoms with E-state index in [1.165, 1.54) is 12.1 Å². The first-order valence-electron chi connectivity index (χ1n) is 13.7. The van der Waals surface area contributed by atoms with Crippen molar-refractivity contribution >= 4 is 5.97 Å². The van der Waals surface area contributed by atoms with E-state index in [0.29, 0.717) is 13.1 Å². The van der Waals surface area contributed by atoms with Crippen LogP contribution in [0.3, 0.4) is 0 Å². The minimum atomic E-state index is -4.76. The van der Waals surface area contributed by atoms with Gasteiger partial charge in [0, 0.05) is 57.7 Å². The number of piperazine rings is 1. The topological polar surface area (TPSA) is 91.9 Å². The fourth-order valence-corrected chi connectivity index (χ4v) is 5.19. The van der Waals surface area contributed by atoms with Crippen LogP contribution in [-0.2, 0) is 28.2 Å². The number of nitrogens with zero attached hydrogens (tertiary/aromatic N) is 3. The number of aromatic nitrogens is 1. The van der Waals surface area contributed by atoms with Crippen molar-refractivity contribution in [3.63, 3.8) is 0 Å². The molecule has 2 atom stereocenters. The van der Waals surface area contributed by atoms with E-state index < -0.39 is 11.8 Å². The van der Waals surface area contributed by atoms with Gasteiger partial charge in [-0.2, -0.15) is 13.2 Å². The summed E-state index contributed by atoms with van der Waals surface area (Å²) in [5.74, 6) is -0.259. The summed E-state index contributed by atoms with van der Waals surface area (Å²) in [7, 11) is 0. The maximum atomic E-state index is 13.2. The summed E-state index contributed by atoms with van der Waals surface area (Å²) < 4.78 is 44.9. The molecule has 0 aliphatic carbocycles. The zero-order valence-electron chi connectivity index (χ0n) is 23.4. The van der Waals surface area contributed by atoms with Gasteiger partial charge in [0.25, 0.3) is 0 Å². The maximum absolute atomic E-state index is 13.2. The van der Waals surface area contributed by atoms with Crippen LogP contribution in [0.15, 0.2) is 67.0 Å². The molecule has 0 spiro atoms. The third kappa shape index (κ3) is 7.71. The molecule has 41 heavy (non-hydrogen) atoms. The van der Waals surface area contributed by atoms with Crippen molar-refractivity contribution in [2.75, 3.05) is 32.8 Å². The fourth-order valence-electron chi connectivity index (χ4n) is 5.19. The fraction of sp³-hybridized carbons (Fsp3) is 0.419. The number of hydrogen-bond acceptors (Lipinski definition) is 7. The highest BCUT2D eigenvalue weighted by atomic mass is 19.4. The average Bonchev–Trinajstić information content (AvgIpc) is 2.93. The number of rotatable bonds is 10. The predicted octanol–water partition coefficient (Wildman–Crippen LogP) is 4.41. The summed E-state index contributed by atoms with van der Waals surface area (Å²) in [6, 6.07) is 15.9. The lowest BCUT2D eigenvalue weighted by Gasteiger charge is -2.41. The molecular weight excluding hydrogens is 533 g/mol. The lowest BCUT2D eigenvalue weighted by Crippen LogP contribution is -2.53. The quantitative estimate of drug-likeness (QED) is 0.349. The molecule has 2 aromatic carbocycles. The molecule has 7 nitrogen and oxygen atoms in total. The smallest absolute Gasteiger partial charge is 0.421 e. The van der Waals surface area contributed by atoms with Gasteiger partial charge in [-0.3, -0.25) is 19.6 Å². The van der Waals surface area contributed by atoms with Gasteiger partial charge in [-0.25, -0.2) is 0 Å². The van der Waals surface area contributed by atoms with Crippen molar-refractivity contribution in [1.82, 2.24) is 14.8 Å². The monoisotopic (exact) mass is 570 g/mol. The first kappa shape index (κ1) is 30.6. The number of hydrogen-bond donors (Lipinski definition) is 2. The molecule has 4 rings (SSSR count). The molecule has 1 unspecified atom stereocenters. The van der Waals surface area contributed by atoms with E-state index in [1.54, 1.807) is 24.5 Å². The highest BCUT2D eigenvalue weighted by Crippen LogP contribution is 2.39. The molecule has 3 aromatic rings. The molecule has 1 fully saturated rings. The second-order valence-corrected chi connectivity index (χ2v) is 10.7. The molecule has 0 radical (unpaired) electrons. The number of aryl methyl sites for hydroxylation is 1. The SMILES string of the molecule is Cc1cc(CN2CCN(Cc3ccncc3)[C@H](CC(=O)OCCN)C2)ccc1-c1ccc(C(C)(O)C(F)(F)F)cc1. The van der Waals surface area contributed by atoms with E-state index in [9.17, 15) is 23.1 Å². The Kier molecular flexibility index (Phi) is 9.80. The Hall–Kier alpha value is -3.31. The molecule has 0 amide bonds. The number of halogens is 3. The molecule has 0 bridgehead atoms. The zero-order valence-corrected chi connectivity index (χ0v) is 23.4. The number of pyridine rings is 1. The number of benzene rings is 2. The van der Waals surface area contributed by atoms with Crippen molar-refractivity contribution in [3.8, 4) is 11.1 Å². The summed E-state index contributed by atoms with van der Waals surface area (Å²) in [6.45, 7) is 6.97. The van der Waals surface area contributed by atoms with Crippen LogP contribution in [0, 0.1) is 6.92 Å². The molecule has 3 N–H and O–H groups in total. The second-order valence-electron chi connectivity index (χ2n) is 10.7. The second kappa shape index (κ2) is 13.1. The molecule has 0 saturated carbocycles. The Morgan fingerprint density at radius 3 is 2.39 bits per heavy atom. The van der Waals surface area contributed by atoms with Crippen molar-refractivity contribution in [2.45, 2.75) is 51.2 Å². The van der Waals surface area contributed by atoms with Crippen LogP contribution in [0.1, 0.15) is 35.6 Å². The van der Waals surface area contributed by atoms with E-state index in [-0.39, 0.29) is 37.1 Å². The van der Waals surface area contributed by atoms with E-state index in [4.69, 9.17) is 10.5 Å². The molecule has 1 aromatic heterocycles. The highest BCUT2D eigenvalue weighted by Gasteiger charge is 2.51. The van der Waals surface area contributed by atoms with Crippen molar-refractivity contribution in [1.29, 1.82) is 0 Å². The third-order valence-corrected chi connectivity index (χ3v) is 7.61. The number of nitrogens with two attached hydrogens (primary N) is 1. The van der Waals surface area contributed by atoms with Crippen LogP contribution in [-0.4, -0.2) is 70.9 Å². The summed E-state index contributed by atoms with van der Waals surface area (Å²) in [5.41, 5.74) is 7.30. The van der Waals surface area contributed by atoms with Crippen molar-refractivity contribution in [3.05, 3.63) is 89.2 Å². The van der Waals surface area contributed by atoms with Gasteiger partial charge in [-0.15, -0.1) is 0 Å². The van der Waals surface area contributed by atoms with Crippen LogP contribution in [0.2, 0.25) is 0 Å². The van der Waals surface area contributed by atoms with Gasteiger partial charge in [0.15, 0.2) is 5.60 Å². The Morgan fingerprint density at radius 1 is 1.05 bits per heavy atom. The number of esters is 1. The van der Waals surface area contributed by atoms with Gasteiger partial charge in [-0.1, -0.05) is 42.5 Å². The number of carbonyl (C=O) groups excluding carboxylic acids is 1. The largest absolute Gasteiger partial charge is 0.464 e. The van der Waals surface area contributed by atoms with E-state index in [2.05, 4.69) is 20.9 Å². The van der Waals surface area contributed by atoms with E-state index in [0.717, 1.165) is 54.4 Å². The molecule has 1 saturated heterocycles. The summed E-state index contributed by atoms with van der Waals surface area (Å²) in [5, 5.41) is 9.96. The number of carbonyl (C=O) groups is 1. The van der Waals surface area contributed by atoms with Crippen LogP contribution in [0.5, 0.6) is 0 Å². The average molecular weight is 571 g/mol. The molecule has 10 heteroatoms. The van der Waals surface area contributed by atoms with Crippen molar-refractivity contribution in [2.24, 2.45) is 5.73 Å². The first-order chi connectivity index (χ1) is 19.5. The molecule has 1 aliphatic rings. The van der Waals surface area contributed by atoms with Crippen LogP contribution in [0.4, 0.5) is 13.2 Å². The highest BCUT2D eigenvalue weighted by molar-refractivity contribution is 5.70. The van der Waals surface area contributed by atoms with Gasteiger partial charge in [0.1, 0.15) is 6.61 Å². The lowest BCUT2D eigenvalue weighted by atomic mass is 9.92. The summed E-state index contributed by atoms with van der Waals surface area (Å²) in [6.07, 6.45) is -0.956. The minimum Gasteiger partial charge on any atom is -0.464 e. The Bertz CT molecular complexity index is 1300.